The summed E-state index contributed by atoms with van der Waals surface area (Å²) in [6, 6.07) is -1.34. The van der Waals surface area contributed by atoms with E-state index in [2.05, 4.69) is 10.1 Å². The molecule has 7 heteroatoms. The number of methoxy groups -OCH3 is 1. The van der Waals surface area contributed by atoms with E-state index >= 15 is 0 Å². The van der Waals surface area contributed by atoms with E-state index in [4.69, 9.17) is 5.73 Å². The number of nitrogens with zero attached hydrogens (tertiary/aromatic N) is 1. The maximum absolute atomic E-state index is 11.4. The van der Waals surface area contributed by atoms with Gasteiger partial charge in [0.15, 0.2) is 0 Å². The fourth-order valence-electron chi connectivity index (χ4n) is 1.08. The molecule has 0 saturated carbocycles. The van der Waals surface area contributed by atoms with Crippen molar-refractivity contribution in [1.82, 2.24) is 10.2 Å². The Kier molecular flexibility index (Phi) is 3.03. The van der Waals surface area contributed by atoms with Gasteiger partial charge in [-0.3, -0.25) is 14.5 Å². The van der Waals surface area contributed by atoms with Gasteiger partial charge in [-0.05, 0) is 0 Å². The number of imide groups is 1. The van der Waals surface area contributed by atoms with E-state index in [1.807, 2.05) is 0 Å². The molecule has 3 amide bonds. The second-order valence-corrected chi connectivity index (χ2v) is 2.74. The zero-order valence-corrected chi connectivity index (χ0v) is 7.65. The van der Waals surface area contributed by atoms with Crippen molar-refractivity contribution in [2.45, 2.75) is 6.04 Å². The van der Waals surface area contributed by atoms with Gasteiger partial charge in [0.05, 0.1) is 7.11 Å². The Balaban J connectivity index is 2.65. The Morgan fingerprint density at radius 2 is 2.29 bits per heavy atom. The minimum Gasteiger partial charge on any atom is -0.468 e. The van der Waals surface area contributed by atoms with Crippen LogP contribution in [0.3, 0.4) is 0 Å². The topological polar surface area (TPSA) is 102 Å². The molecule has 1 fully saturated rings. The molecule has 3 N–H and O–H groups in total. The van der Waals surface area contributed by atoms with Crippen molar-refractivity contribution >= 4 is 17.9 Å². The van der Waals surface area contributed by atoms with Crippen molar-refractivity contribution < 1.29 is 19.1 Å². The third-order valence-corrected chi connectivity index (χ3v) is 1.86. The van der Waals surface area contributed by atoms with Crippen LogP contribution in [0.2, 0.25) is 0 Å². The quantitative estimate of drug-likeness (QED) is 0.407. The number of hydrogen-bond acceptors (Lipinski definition) is 5. The van der Waals surface area contributed by atoms with Crippen molar-refractivity contribution in [2.24, 2.45) is 5.73 Å². The normalized spacial score (nSPS) is 21.0. The number of nitrogens with two attached hydrogens (primary N) is 1. The summed E-state index contributed by atoms with van der Waals surface area (Å²) in [7, 11) is 1.18. The van der Waals surface area contributed by atoms with Gasteiger partial charge in [0, 0.05) is 6.54 Å². The van der Waals surface area contributed by atoms with Gasteiger partial charge in [0.25, 0.3) is 5.91 Å². The molecular weight excluding hydrogens is 190 g/mol. The van der Waals surface area contributed by atoms with Gasteiger partial charge in [-0.1, -0.05) is 0 Å². The van der Waals surface area contributed by atoms with Gasteiger partial charge in [0.2, 0.25) is 0 Å². The summed E-state index contributed by atoms with van der Waals surface area (Å²) in [5.41, 5.74) is 5.23. The lowest BCUT2D eigenvalue weighted by Gasteiger charge is -2.10. The van der Waals surface area contributed by atoms with Crippen LogP contribution in [0.5, 0.6) is 0 Å². The van der Waals surface area contributed by atoms with Gasteiger partial charge in [-0.2, -0.15) is 0 Å². The summed E-state index contributed by atoms with van der Waals surface area (Å²) in [5, 5.41) is 2.34. The van der Waals surface area contributed by atoms with E-state index in [-0.39, 0.29) is 13.1 Å². The van der Waals surface area contributed by atoms with Crippen LogP contribution >= 0.6 is 0 Å². The molecule has 0 spiro atoms. The second-order valence-electron chi connectivity index (χ2n) is 2.74. The lowest BCUT2D eigenvalue weighted by atomic mass is 10.3. The average Bonchev–Trinajstić information content (AvgIpc) is 2.44. The standard InChI is InChI=1S/C7H11N3O4/c1-14-5(11)3-10-6(12)4(2-8)9-7(10)13/h4H,2-3,8H2,1H3,(H,9,13). The van der Waals surface area contributed by atoms with Crippen LogP contribution in [-0.4, -0.2) is 49.0 Å². The molecule has 14 heavy (non-hydrogen) atoms. The first-order chi connectivity index (χ1) is 6.60. The zero-order chi connectivity index (χ0) is 10.7. The Morgan fingerprint density at radius 3 is 2.71 bits per heavy atom. The molecule has 0 aromatic carbocycles. The smallest absolute Gasteiger partial charge is 0.325 e. The number of urea groups is 1. The van der Waals surface area contributed by atoms with E-state index in [0.29, 0.717) is 0 Å². The lowest BCUT2D eigenvalue weighted by molar-refractivity contribution is -0.144. The van der Waals surface area contributed by atoms with Crippen LogP contribution < -0.4 is 11.1 Å². The van der Waals surface area contributed by atoms with Crippen LogP contribution in [0.4, 0.5) is 4.79 Å². The van der Waals surface area contributed by atoms with Crippen LogP contribution in [0.1, 0.15) is 0 Å². The second kappa shape index (κ2) is 4.05. The molecule has 0 aliphatic carbocycles. The fourth-order valence-corrected chi connectivity index (χ4v) is 1.08. The van der Waals surface area contributed by atoms with E-state index in [9.17, 15) is 14.4 Å². The van der Waals surface area contributed by atoms with Crippen molar-refractivity contribution in [1.29, 1.82) is 0 Å². The number of carbonyl (C=O) groups excluding carboxylic acids is 3. The van der Waals surface area contributed by atoms with Crippen LogP contribution in [0.15, 0.2) is 0 Å². The first-order valence-corrected chi connectivity index (χ1v) is 3.99. The number of ether oxygens (including phenoxy) is 1. The van der Waals surface area contributed by atoms with Crippen LogP contribution in [0.25, 0.3) is 0 Å². The average molecular weight is 201 g/mol. The summed E-state index contributed by atoms with van der Waals surface area (Å²) in [6.07, 6.45) is 0. The third kappa shape index (κ3) is 1.82. The minimum atomic E-state index is -0.729. The molecule has 0 aromatic heterocycles. The van der Waals surface area contributed by atoms with Gasteiger partial charge < -0.3 is 15.8 Å². The summed E-state index contributed by atoms with van der Waals surface area (Å²) in [5.74, 6) is -1.14. The highest BCUT2D eigenvalue weighted by Crippen LogP contribution is 2.04. The van der Waals surface area contributed by atoms with Crippen molar-refractivity contribution in [2.75, 3.05) is 20.2 Å². The van der Waals surface area contributed by atoms with Gasteiger partial charge >= 0.3 is 12.0 Å². The molecule has 1 atom stereocenters. The number of hydrogen-bond donors (Lipinski definition) is 2. The highest BCUT2D eigenvalue weighted by molar-refractivity contribution is 6.06. The number of amides is 3. The molecule has 1 heterocycles. The highest BCUT2D eigenvalue weighted by atomic mass is 16.5. The largest absolute Gasteiger partial charge is 0.468 e. The Bertz CT molecular complexity index is 278. The van der Waals surface area contributed by atoms with E-state index in [0.717, 1.165) is 4.90 Å². The van der Waals surface area contributed by atoms with Crippen molar-refractivity contribution in [3.63, 3.8) is 0 Å². The molecule has 0 bridgehead atoms. The molecular formula is C7H11N3O4. The maximum atomic E-state index is 11.4. The maximum Gasteiger partial charge on any atom is 0.325 e. The Labute approximate surface area is 80.2 Å². The van der Waals surface area contributed by atoms with Crippen LogP contribution in [-0.2, 0) is 14.3 Å². The number of esters is 1. The summed E-state index contributed by atoms with van der Waals surface area (Å²) in [6.45, 7) is -0.361. The van der Waals surface area contributed by atoms with Gasteiger partial charge in [-0.15, -0.1) is 0 Å². The van der Waals surface area contributed by atoms with Gasteiger partial charge in [-0.25, -0.2) is 4.79 Å². The Hall–Kier alpha value is -1.63. The van der Waals surface area contributed by atoms with Crippen molar-refractivity contribution in [3.05, 3.63) is 0 Å². The SMILES string of the molecule is COC(=O)CN1C(=O)NC(CN)C1=O. The first-order valence-electron chi connectivity index (χ1n) is 3.99. The molecule has 7 nitrogen and oxygen atoms in total. The molecule has 0 aromatic rings. The van der Waals surface area contributed by atoms with Gasteiger partial charge in [0.1, 0.15) is 12.6 Å². The van der Waals surface area contributed by atoms with E-state index < -0.39 is 23.9 Å². The molecule has 78 valence electrons. The third-order valence-electron chi connectivity index (χ3n) is 1.86. The van der Waals surface area contributed by atoms with Crippen LogP contribution in [0, 0.1) is 0 Å². The molecule has 1 aliphatic heterocycles. The molecule has 1 unspecified atom stereocenters. The van der Waals surface area contributed by atoms with Crippen molar-refractivity contribution in [3.8, 4) is 0 Å². The van der Waals surface area contributed by atoms with E-state index in [1.165, 1.54) is 7.11 Å². The predicted molar refractivity (Wildman–Crippen MR) is 45.1 cm³/mol. The summed E-state index contributed by atoms with van der Waals surface area (Å²) in [4.78, 5) is 34.1. The minimum absolute atomic E-state index is 0.0161. The summed E-state index contributed by atoms with van der Waals surface area (Å²) < 4.78 is 4.33. The number of nitrogens with one attached hydrogen (secondary N) is 1. The monoisotopic (exact) mass is 201 g/mol. The zero-order valence-electron chi connectivity index (χ0n) is 7.65. The highest BCUT2D eigenvalue weighted by Gasteiger charge is 2.38. The Morgan fingerprint density at radius 1 is 1.64 bits per heavy atom. The molecule has 1 rings (SSSR count). The molecule has 1 aliphatic rings. The summed E-state index contributed by atoms with van der Waals surface area (Å²) >= 11 is 0. The molecule has 1 saturated heterocycles. The first kappa shape index (κ1) is 10.5. The number of rotatable bonds is 3. The van der Waals surface area contributed by atoms with E-state index in [1.54, 1.807) is 0 Å². The predicted octanol–water partition coefficient (Wildman–Crippen LogP) is -1.96. The molecule has 0 radical (unpaired) electrons. The number of carbonyl (C=O) groups is 3. The lowest BCUT2D eigenvalue weighted by Crippen LogP contribution is -2.38. The fraction of sp³-hybridized carbons (Fsp3) is 0.571.